The van der Waals surface area contributed by atoms with Crippen LogP contribution >= 0.6 is 0 Å². The summed E-state index contributed by atoms with van der Waals surface area (Å²) >= 11 is 0. The van der Waals surface area contributed by atoms with Gasteiger partial charge >= 0.3 is 0 Å². The van der Waals surface area contributed by atoms with Crippen LogP contribution in [0.3, 0.4) is 0 Å². The molecule has 25 heavy (non-hydrogen) atoms. The van der Waals surface area contributed by atoms with Gasteiger partial charge in [-0.1, -0.05) is 24.3 Å². The Bertz CT molecular complexity index is 684. The molecule has 1 aromatic carbocycles. The second-order valence-corrected chi connectivity index (χ2v) is 9.79. The smallest absolute Gasteiger partial charge is 0.225 e. The highest BCUT2D eigenvalue weighted by Gasteiger charge is 2.55. The number of aliphatic hydroxyl groups is 1. The van der Waals surface area contributed by atoms with Crippen LogP contribution in [0.1, 0.15) is 62.5 Å². The Morgan fingerprint density at radius 2 is 1.92 bits per heavy atom. The molecule has 4 fully saturated rings. The molecule has 1 spiro atoms. The van der Waals surface area contributed by atoms with Gasteiger partial charge in [0.25, 0.3) is 0 Å². The van der Waals surface area contributed by atoms with Crippen LogP contribution < -0.4 is 0 Å². The maximum absolute atomic E-state index is 12.4. The van der Waals surface area contributed by atoms with E-state index in [-0.39, 0.29) is 11.8 Å². The predicted molar refractivity (Wildman–Crippen MR) is 97.2 cm³/mol. The van der Waals surface area contributed by atoms with Gasteiger partial charge in [-0.05, 0) is 74.8 Å². The molecule has 1 heterocycles. The van der Waals surface area contributed by atoms with E-state index in [1.807, 2.05) is 11.8 Å². The molecule has 5 rings (SSSR count). The summed E-state index contributed by atoms with van der Waals surface area (Å²) in [7, 11) is 0. The van der Waals surface area contributed by atoms with E-state index in [0.717, 1.165) is 24.9 Å². The van der Waals surface area contributed by atoms with E-state index < -0.39 is 5.60 Å². The fourth-order valence-electron chi connectivity index (χ4n) is 5.65. The highest BCUT2D eigenvalue weighted by atomic mass is 16.3. The van der Waals surface area contributed by atoms with Crippen LogP contribution in [0.2, 0.25) is 0 Å². The number of hydrogen-bond acceptors (Lipinski definition) is 2. The van der Waals surface area contributed by atoms with Gasteiger partial charge in [-0.3, -0.25) is 4.79 Å². The first kappa shape index (κ1) is 15.9. The number of benzene rings is 1. The maximum Gasteiger partial charge on any atom is 0.225 e. The quantitative estimate of drug-likeness (QED) is 0.912. The van der Waals surface area contributed by atoms with Crippen molar-refractivity contribution in [2.24, 2.45) is 17.3 Å². The minimum Gasteiger partial charge on any atom is -0.390 e. The fraction of sp³-hybridized carbons (Fsp3) is 0.682. The normalized spacial score (nSPS) is 33.5. The molecule has 1 N–H and O–H groups in total. The molecule has 1 amide bonds. The van der Waals surface area contributed by atoms with Crippen LogP contribution in [0.4, 0.5) is 0 Å². The summed E-state index contributed by atoms with van der Waals surface area (Å²) < 4.78 is 0. The molecule has 0 bridgehead atoms. The molecule has 1 saturated heterocycles. The van der Waals surface area contributed by atoms with Crippen LogP contribution in [0, 0.1) is 17.3 Å². The van der Waals surface area contributed by atoms with E-state index in [2.05, 4.69) is 24.3 Å². The van der Waals surface area contributed by atoms with Gasteiger partial charge in [0.2, 0.25) is 5.91 Å². The van der Waals surface area contributed by atoms with Gasteiger partial charge in [-0.25, -0.2) is 0 Å². The van der Waals surface area contributed by atoms with Gasteiger partial charge in [0.05, 0.1) is 5.60 Å². The first-order valence-corrected chi connectivity index (χ1v) is 10.0. The molecule has 0 unspecified atom stereocenters. The highest BCUT2D eigenvalue weighted by Crippen LogP contribution is 2.54. The molecular formula is C22H29NO2. The molecule has 0 atom stereocenters. The lowest BCUT2D eigenvalue weighted by Crippen LogP contribution is -2.66. The maximum atomic E-state index is 12.4. The Balaban J connectivity index is 1.10. The molecule has 0 radical (unpaired) electrons. The van der Waals surface area contributed by atoms with Crippen LogP contribution in [-0.4, -0.2) is 34.6 Å². The Hall–Kier alpha value is -1.35. The molecule has 3 nitrogen and oxygen atoms in total. The monoisotopic (exact) mass is 339 g/mol. The lowest BCUT2D eigenvalue weighted by atomic mass is 9.56. The Labute approximate surface area is 150 Å². The van der Waals surface area contributed by atoms with Crippen molar-refractivity contribution in [3.8, 4) is 0 Å². The molecule has 1 aliphatic heterocycles. The van der Waals surface area contributed by atoms with Gasteiger partial charge in [-0.15, -0.1) is 0 Å². The predicted octanol–water partition coefficient (Wildman–Crippen LogP) is 3.51. The number of carbonyl (C=O) groups is 1. The van der Waals surface area contributed by atoms with E-state index in [1.165, 1.54) is 37.7 Å². The van der Waals surface area contributed by atoms with Crippen molar-refractivity contribution >= 4 is 5.91 Å². The van der Waals surface area contributed by atoms with Crippen LogP contribution in [0.5, 0.6) is 0 Å². The third-order valence-corrected chi connectivity index (χ3v) is 7.05. The molecular weight excluding hydrogens is 310 g/mol. The molecule has 3 heteroatoms. The second kappa shape index (κ2) is 5.33. The van der Waals surface area contributed by atoms with Crippen LogP contribution in [0.25, 0.3) is 0 Å². The number of amides is 1. The minimum absolute atomic E-state index is 0.0772. The fourth-order valence-corrected chi connectivity index (χ4v) is 5.65. The number of hydrogen-bond donors (Lipinski definition) is 1. The van der Waals surface area contributed by atoms with Crippen LogP contribution in [0.15, 0.2) is 24.3 Å². The van der Waals surface area contributed by atoms with Crippen molar-refractivity contribution in [1.29, 1.82) is 0 Å². The van der Waals surface area contributed by atoms with Crippen molar-refractivity contribution in [2.45, 2.75) is 63.4 Å². The summed E-state index contributed by atoms with van der Waals surface area (Å²) in [5, 5.41) is 9.83. The van der Waals surface area contributed by atoms with E-state index >= 15 is 0 Å². The number of carbonyl (C=O) groups excluding carboxylic acids is 1. The van der Waals surface area contributed by atoms with Gasteiger partial charge in [-0.2, -0.15) is 0 Å². The Kier molecular flexibility index (Phi) is 3.38. The lowest BCUT2D eigenvalue weighted by molar-refractivity contribution is -0.171. The summed E-state index contributed by atoms with van der Waals surface area (Å²) in [5.74, 6) is 2.01. The van der Waals surface area contributed by atoms with Crippen molar-refractivity contribution < 1.29 is 9.90 Å². The van der Waals surface area contributed by atoms with Gasteiger partial charge in [0.15, 0.2) is 0 Å². The third-order valence-electron chi connectivity index (χ3n) is 7.05. The number of nitrogens with zero attached hydrogens (tertiary/aromatic N) is 1. The average molecular weight is 339 g/mol. The summed E-state index contributed by atoms with van der Waals surface area (Å²) in [4.78, 5) is 14.5. The van der Waals surface area contributed by atoms with E-state index in [1.54, 1.807) is 5.56 Å². The van der Waals surface area contributed by atoms with Crippen molar-refractivity contribution in [2.75, 3.05) is 13.1 Å². The zero-order valence-corrected chi connectivity index (χ0v) is 15.2. The molecule has 0 aromatic heterocycles. The SMILES string of the molecule is C[C@]1(O)C[C@@H](C(=O)N2CC3(CC(Cc4cccc(C5CC5)c4)C3)C2)C1. The lowest BCUT2D eigenvalue weighted by Gasteiger charge is -2.60. The molecule has 1 aromatic rings. The van der Waals surface area contributed by atoms with E-state index in [9.17, 15) is 9.90 Å². The van der Waals surface area contributed by atoms with Crippen molar-refractivity contribution in [3.05, 3.63) is 35.4 Å². The third kappa shape index (κ3) is 2.91. The van der Waals surface area contributed by atoms with Gasteiger partial charge in [0, 0.05) is 24.4 Å². The van der Waals surface area contributed by atoms with Crippen molar-refractivity contribution in [3.63, 3.8) is 0 Å². The minimum atomic E-state index is -0.598. The summed E-state index contributed by atoms with van der Waals surface area (Å²) in [6.07, 6.45) is 7.82. The topological polar surface area (TPSA) is 40.5 Å². The molecule has 3 aliphatic carbocycles. The first-order valence-electron chi connectivity index (χ1n) is 10.0. The van der Waals surface area contributed by atoms with E-state index in [4.69, 9.17) is 0 Å². The van der Waals surface area contributed by atoms with E-state index in [0.29, 0.717) is 18.3 Å². The van der Waals surface area contributed by atoms with Gasteiger partial charge in [0.1, 0.15) is 0 Å². The first-order chi connectivity index (χ1) is 11.9. The van der Waals surface area contributed by atoms with Gasteiger partial charge < -0.3 is 10.0 Å². The standard InChI is InChI=1S/C22H29NO2/c1-21(25)11-19(12-21)20(24)23-13-22(14-23)9-16(10-22)7-15-3-2-4-18(8-15)17-5-6-17/h2-4,8,16-17,19,25H,5-7,9-14H2,1H3/t19-,21+. The largest absolute Gasteiger partial charge is 0.390 e. The Morgan fingerprint density at radius 3 is 2.56 bits per heavy atom. The Morgan fingerprint density at radius 1 is 1.20 bits per heavy atom. The highest BCUT2D eigenvalue weighted by molar-refractivity contribution is 5.81. The summed E-state index contributed by atoms with van der Waals surface area (Å²) in [6, 6.07) is 9.24. The molecule has 4 aliphatic rings. The van der Waals surface area contributed by atoms with Crippen molar-refractivity contribution in [1.82, 2.24) is 4.90 Å². The average Bonchev–Trinajstić information content (AvgIpc) is 3.30. The number of rotatable bonds is 4. The summed E-state index contributed by atoms with van der Waals surface area (Å²) in [5.41, 5.74) is 2.89. The second-order valence-electron chi connectivity index (χ2n) is 9.79. The summed E-state index contributed by atoms with van der Waals surface area (Å²) in [6.45, 7) is 3.76. The number of likely N-dealkylation sites (tertiary alicyclic amines) is 1. The van der Waals surface area contributed by atoms with Crippen LogP contribution in [-0.2, 0) is 11.2 Å². The zero-order valence-electron chi connectivity index (χ0n) is 15.2. The molecule has 3 saturated carbocycles. The molecule has 134 valence electrons. The zero-order chi connectivity index (χ0) is 17.2.